The lowest BCUT2D eigenvalue weighted by Gasteiger charge is -2.48. The maximum atomic E-state index is 14.2. The zero-order valence-corrected chi connectivity index (χ0v) is 29.7. The number of hydrogen-bond donors (Lipinski definition) is 2. The fraction of sp³-hybridized carbons (Fsp3) is 0.366. The first-order chi connectivity index (χ1) is 23.6. The first kappa shape index (κ1) is 35.3. The molecule has 258 valence electrons. The average Bonchev–Trinajstić information content (AvgIpc) is 3.10. The molecule has 4 aromatic carbocycles. The Morgan fingerprint density at radius 1 is 0.653 bits per heavy atom. The van der Waals surface area contributed by atoms with Crippen LogP contribution >= 0.6 is 0 Å². The summed E-state index contributed by atoms with van der Waals surface area (Å²) in [6.45, 7) is 3.36. The fourth-order valence-electron chi connectivity index (χ4n) is 6.86. The first-order valence-corrected chi connectivity index (χ1v) is 17.4. The second-order valence-corrected chi connectivity index (χ2v) is 13.8. The van der Waals surface area contributed by atoms with Crippen molar-refractivity contribution in [1.82, 2.24) is 9.80 Å². The lowest BCUT2D eigenvalue weighted by molar-refractivity contribution is 0.0600. The number of amides is 4. The summed E-state index contributed by atoms with van der Waals surface area (Å²) < 4.78 is 0. The molecule has 2 unspecified atom stereocenters. The van der Waals surface area contributed by atoms with E-state index in [1.54, 1.807) is 0 Å². The van der Waals surface area contributed by atoms with Crippen molar-refractivity contribution in [3.8, 4) is 0 Å². The predicted molar refractivity (Wildman–Crippen MR) is 204 cm³/mol. The second-order valence-electron chi connectivity index (χ2n) is 13.8. The van der Waals surface area contributed by atoms with Crippen LogP contribution in [0.15, 0.2) is 109 Å². The van der Waals surface area contributed by atoms with Gasteiger partial charge in [0.15, 0.2) is 0 Å². The topological polar surface area (TPSA) is 71.2 Å². The highest BCUT2D eigenvalue weighted by Crippen LogP contribution is 2.37. The Labute approximate surface area is 292 Å². The molecule has 1 fully saturated rings. The van der Waals surface area contributed by atoms with Gasteiger partial charge in [-0.3, -0.25) is 0 Å². The van der Waals surface area contributed by atoms with Gasteiger partial charge < -0.3 is 30.2 Å². The predicted octanol–water partition coefficient (Wildman–Crippen LogP) is 8.37. The summed E-state index contributed by atoms with van der Waals surface area (Å²) in [5.74, 6) is 0. The van der Waals surface area contributed by atoms with Crippen molar-refractivity contribution in [3.05, 3.63) is 120 Å². The second kappa shape index (κ2) is 16.4. The SMILES string of the molecule is CN(C)c1ccc(NC(=O)N(CCc2ccccc2)C2CCCC(C)(N(CCc3ccccc3)C(=O)Nc3ccc(N(C)C)cc3)C2)cc1. The summed E-state index contributed by atoms with van der Waals surface area (Å²) >= 11 is 0. The molecular weight excluding hydrogens is 608 g/mol. The number of carbonyl (C=O) groups is 2. The Morgan fingerprint density at radius 2 is 1.12 bits per heavy atom. The van der Waals surface area contributed by atoms with Crippen molar-refractivity contribution in [2.45, 2.75) is 57.0 Å². The molecule has 8 heteroatoms. The van der Waals surface area contributed by atoms with Crippen LogP contribution in [0.5, 0.6) is 0 Å². The van der Waals surface area contributed by atoms with E-state index in [-0.39, 0.29) is 18.1 Å². The molecule has 2 N–H and O–H groups in total. The monoisotopic (exact) mass is 660 g/mol. The lowest BCUT2D eigenvalue weighted by Crippen LogP contribution is -2.58. The number of nitrogens with zero attached hydrogens (tertiary/aromatic N) is 4. The molecule has 0 spiro atoms. The van der Waals surface area contributed by atoms with Crippen LogP contribution in [0.4, 0.5) is 32.3 Å². The zero-order valence-electron chi connectivity index (χ0n) is 29.7. The third-order valence-electron chi connectivity index (χ3n) is 9.75. The molecule has 0 aromatic heterocycles. The number of urea groups is 2. The number of anilines is 4. The van der Waals surface area contributed by atoms with Crippen LogP contribution in [-0.2, 0) is 12.8 Å². The summed E-state index contributed by atoms with van der Waals surface area (Å²) in [7, 11) is 8.01. The van der Waals surface area contributed by atoms with Gasteiger partial charge in [-0.1, -0.05) is 60.7 Å². The van der Waals surface area contributed by atoms with Gasteiger partial charge in [-0.25, -0.2) is 9.59 Å². The summed E-state index contributed by atoms with van der Waals surface area (Å²) in [5, 5.41) is 6.38. The third kappa shape index (κ3) is 9.56. The molecule has 0 aliphatic heterocycles. The van der Waals surface area contributed by atoms with E-state index in [0.717, 1.165) is 54.9 Å². The Hall–Kier alpha value is -4.98. The molecule has 0 bridgehead atoms. The quantitative estimate of drug-likeness (QED) is 0.160. The minimum atomic E-state index is -0.454. The van der Waals surface area contributed by atoms with Crippen LogP contribution < -0.4 is 20.4 Å². The van der Waals surface area contributed by atoms with E-state index in [1.807, 2.05) is 133 Å². The van der Waals surface area contributed by atoms with Crippen molar-refractivity contribution in [2.24, 2.45) is 0 Å². The van der Waals surface area contributed by atoms with Gasteiger partial charge in [0.05, 0.1) is 0 Å². The lowest BCUT2D eigenvalue weighted by atomic mass is 9.78. The van der Waals surface area contributed by atoms with E-state index in [0.29, 0.717) is 19.5 Å². The number of rotatable bonds is 12. The van der Waals surface area contributed by atoms with Gasteiger partial charge >= 0.3 is 12.1 Å². The number of hydrogen-bond acceptors (Lipinski definition) is 4. The van der Waals surface area contributed by atoms with Crippen LogP contribution in [0.25, 0.3) is 0 Å². The molecule has 1 aliphatic rings. The van der Waals surface area contributed by atoms with E-state index in [1.165, 1.54) is 11.1 Å². The molecule has 1 aliphatic carbocycles. The van der Waals surface area contributed by atoms with E-state index < -0.39 is 5.54 Å². The van der Waals surface area contributed by atoms with Gasteiger partial charge in [-0.2, -0.15) is 0 Å². The van der Waals surface area contributed by atoms with E-state index in [2.05, 4.69) is 41.8 Å². The molecular formula is C41H52N6O2. The summed E-state index contributed by atoms with van der Waals surface area (Å²) in [5.41, 5.74) is 5.61. The maximum absolute atomic E-state index is 14.2. The number of carbonyl (C=O) groups excluding carboxylic acids is 2. The maximum Gasteiger partial charge on any atom is 0.322 e. The largest absolute Gasteiger partial charge is 0.378 e. The van der Waals surface area contributed by atoms with Crippen molar-refractivity contribution < 1.29 is 9.59 Å². The molecule has 4 amide bonds. The Kier molecular flexibility index (Phi) is 11.8. The normalized spacial score (nSPS) is 17.1. The van der Waals surface area contributed by atoms with Crippen molar-refractivity contribution >= 4 is 34.8 Å². The van der Waals surface area contributed by atoms with Crippen LogP contribution in [0.3, 0.4) is 0 Å². The van der Waals surface area contributed by atoms with Gasteiger partial charge in [0.2, 0.25) is 0 Å². The van der Waals surface area contributed by atoms with Crippen LogP contribution in [0.2, 0.25) is 0 Å². The summed E-state index contributed by atoms with van der Waals surface area (Å²) in [6.07, 6.45) is 4.86. The Morgan fingerprint density at radius 3 is 1.61 bits per heavy atom. The molecule has 4 aromatic rings. The Bertz CT molecular complexity index is 1630. The van der Waals surface area contributed by atoms with E-state index in [4.69, 9.17) is 0 Å². The van der Waals surface area contributed by atoms with E-state index >= 15 is 0 Å². The highest BCUT2D eigenvalue weighted by atomic mass is 16.2. The van der Waals surface area contributed by atoms with Gasteiger partial charge in [0, 0.05) is 75.6 Å². The zero-order chi connectivity index (χ0) is 34.8. The number of benzene rings is 4. The van der Waals surface area contributed by atoms with Crippen LogP contribution in [-0.4, -0.2) is 74.7 Å². The molecule has 0 radical (unpaired) electrons. The molecule has 49 heavy (non-hydrogen) atoms. The summed E-state index contributed by atoms with van der Waals surface area (Å²) in [4.78, 5) is 36.4. The van der Waals surface area contributed by atoms with Crippen LogP contribution in [0.1, 0.15) is 43.7 Å². The molecule has 0 saturated heterocycles. The smallest absolute Gasteiger partial charge is 0.322 e. The molecule has 2 atom stereocenters. The Balaban J connectivity index is 1.39. The van der Waals surface area contributed by atoms with Crippen molar-refractivity contribution in [3.63, 3.8) is 0 Å². The standard InChI is InChI=1S/C41H52N6O2/c1-41(47(30-27-33-15-10-7-11-16-33)40(49)43-35-20-24-37(25-21-35)45(4)5)28-12-17-38(31-41)46(29-26-32-13-8-6-9-14-32)39(48)42-34-18-22-36(23-19-34)44(2)3/h6-11,13-16,18-25,38H,12,17,26-31H2,1-5H3,(H,42,48)(H,43,49). The van der Waals surface area contributed by atoms with Crippen molar-refractivity contribution in [2.75, 3.05) is 61.7 Å². The average molecular weight is 661 g/mol. The van der Waals surface area contributed by atoms with Gasteiger partial charge in [-0.15, -0.1) is 0 Å². The first-order valence-electron chi connectivity index (χ1n) is 17.4. The highest BCUT2D eigenvalue weighted by Gasteiger charge is 2.42. The molecule has 1 saturated carbocycles. The van der Waals surface area contributed by atoms with Crippen LogP contribution in [0, 0.1) is 0 Å². The van der Waals surface area contributed by atoms with Gasteiger partial charge in [0.1, 0.15) is 0 Å². The third-order valence-corrected chi connectivity index (χ3v) is 9.75. The number of nitrogens with one attached hydrogen (secondary N) is 2. The van der Waals surface area contributed by atoms with Gasteiger partial charge in [0.25, 0.3) is 0 Å². The van der Waals surface area contributed by atoms with Gasteiger partial charge in [-0.05, 0) is 105 Å². The minimum absolute atomic E-state index is 0.0325. The summed E-state index contributed by atoms with van der Waals surface area (Å²) in [6, 6.07) is 36.3. The highest BCUT2D eigenvalue weighted by molar-refractivity contribution is 5.91. The van der Waals surface area contributed by atoms with E-state index in [9.17, 15) is 9.59 Å². The molecule has 0 heterocycles. The van der Waals surface area contributed by atoms with Crippen molar-refractivity contribution in [1.29, 1.82) is 0 Å². The fourth-order valence-corrected chi connectivity index (χ4v) is 6.86. The minimum Gasteiger partial charge on any atom is -0.378 e. The molecule has 5 rings (SSSR count). The molecule has 8 nitrogen and oxygen atoms in total.